The molecule has 1 aliphatic rings. The van der Waals surface area contributed by atoms with Crippen molar-refractivity contribution in [2.75, 3.05) is 11.4 Å². The van der Waals surface area contributed by atoms with Crippen molar-refractivity contribution in [2.45, 2.75) is 25.4 Å². The molecule has 1 heterocycles. The van der Waals surface area contributed by atoms with E-state index in [9.17, 15) is 4.79 Å². The first-order chi connectivity index (χ1) is 8.65. The number of anilines is 1. The molecule has 1 aromatic carbocycles. The molecule has 0 saturated carbocycles. The lowest BCUT2D eigenvalue weighted by Gasteiger charge is -2.41. The Labute approximate surface area is 111 Å². The van der Waals surface area contributed by atoms with Crippen LogP contribution in [0.15, 0.2) is 24.3 Å². The molecule has 0 spiro atoms. The summed E-state index contributed by atoms with van der Waals surface area (Å²) in [5, 5.41) is 12.3. The van der Waals surface area contributed by atoms with E-state index in [0.717, 1.165) is 5.69 Å². The van der Waals surface area contributed by atoms with Crippen LogP contribution in [0.1, 0.15) is 13.3 Å². The van der Waals surface area contributed by atoms with Gasteiger partial charge >= 0.3 is 0 Å². The maximum Gasteiger partial charge on any atom is 0.243 e. The van der Waals surface area contributed by atoms with Crippen molar-refractivity contribution < 1.29 is 4.79 Å². The van der Waals surface area contributed by atoms with Crippen LogP contribution >= 0.6 is 11.6 Å². The van der Waals surface area contributed by atoms with Gasteiger partial charge in [0, 0.05) is 12.6 Å². The highest BCUT2D eigenvalue weighted by molar-refractivity contribution is 6.33. The van der Waals surface area contributed by atoms with Gasteiger partial charge in [0.05, 0.1) is 23.2 Å². The van der Waals surface area contributed by atoms with Crippen molar-refractivity contribution in [2.24, 2.45) is 0 Å². The number of amides is 1. The Bertz CT molecular complexity index is 497. The first-order valence-corrected chi connectivity index (χ1v) is 6.20. The van der Waals surface area contributed by atoms with Crippen molar-refractivity contribution in [3.05, 3.63) is 29.3 Å². The number of rotatable bonds is 2. The first kappa shape index (κ1) is 12.7. The number of hydrogen-bond acceptors (Lipinski definition) is 3. The molecule has 0 aliphatic carbocycles. The summed E-state index contributed by atoms with van der Waals surface area (Å²) in [7, 11) is 0. The number of nitrogens with one attached hydrogen (secondary N) is 1. The molecule has 1 aromatic rings. The van der Waals surface area contributed by atoms with E-state index in [1.54, 1.807) is 6.07 Å². The van der Waals surface area contributed by atoms with Crippen molar-refractivity contribution in [1.29, 1.82) is 5.26 Å². The van der Waals surface area contributed by atoms with Crippen molar-refractivity contribution in [1.82, 2.24) is 5.32 Å². The van der Waals surface area contributed by atoms with Crippen LogP contribution in [0, 0.1) is 11.3 Å². The largest absolute Gasteiger partial charge is 0.353 e. The molecule has 94 valence electrons. The molecule has 1 amide bonds. The second-order valence-electron chi connectivity index (χ2n) is 4.33. The zero-order chi connectivity index (χ0) is 13.1. The fourth-order valence-electron chi connectivity index (χ4n) is 2.24. The van der Waals surface area contributed by atoms with Gasteiger partial charge in [-0.05, 0) is 19.1 Å². The van der Waals surface area contributed by atoms with E-state index in [1.165, 1.54) is 0 Å². The maximum atomic E-state index is 11.9. The molecular weight excluding hydrogens is 250 g/mol. The fraction of sp³-hybridized carbons (Fsp3) is 0.385. The summed E-state index contributed by atoms with van der Waals surface area (Å²) in [6, 6.07) is 9.09. The van der Waals surface area contributed by atoms with Gasteiger partial charge in [0.2, 0.25) is 5.91 Å². The van der Waals surface area contributed by atoms with E-state index in [1.807, 2.05) is 30.0 Å². The van der Waals surface area contributed by atoms with Crippen molar-refractivity contribution in [3.63, 3.8) is 0 Å². The third-order valence-electron chi connectivity index (χ3n) is 3.10. The quantitative estimate of drug-likeness (QED) is 0.887. The molecule has 2 atom stereocenters. The minimum absolute atomic E-state index is 0.112. The molecule has 1 fully saturated rings. The van der Waals surface area contributed by atoms with E-state index in [-0.39, 0.29) is 18.4 Å². The molecule has 18 heavy (non-hydrogen) atoms. The van der Waals surface area contributed by atoms with Crippen molar-refractivity contribution in [3.8, 4) is 6.07 Å². The highest BCUT2D eigenvalue weighted by Crippen LogP contribution is 2.30. The van der Waals surface area contributed by atoms with Crippen LogP contribution in [-0.2, 0) is 4.79 Å². The second kappa shape index (κ2) is 5.28. The van der Waals surface area contributed by atoms with Gasteiger partial charge in [0.1, 0.15) is 6.04 Å². The number of halogens is 1. The Morgan fingerprint density at radius 2 is 2.28 bits per heavy atom. The number of nitriles is 1. The van der Waals surface area contributed by atoms with Crippen LogP contribution in [0.25, 0.3) is 0 Å². The molecule has 1 saturated heterocycles. The number of para-hydroxylation sites is 1. The van der Waals surface area contributed by atoms with Gasteiger partial charge in [0.25, 0.3) is 0 Å². The highest BCUT2D eigenvalue weighted by Gasteiger charge is 2.34. The standard InChI is InChI=1S/C13H14ClN3O/c1-9-8-16-13(18)12(6-7-15)17(9)11-5-3-2-4-10(11)14/h2-5,9,12H,6,8H2,1H3,(H,16,18). The van der Waals surface area contributed by atoms with Crippen LogP contribution < -0.4 is 10.2 Å². The molecular formula is C13H14ClN3O. The monoisotopic (exact) mass is 263 g/mol. The molecule has 0 aromatic heterocycles. The van der Waals surface area contributed by atoms with E-state index >= 15 is 0 Å². The zero-order valence-electron chi connectivity index (χ0n) is 10.1. The average molecular weight is 264 g/mol. The van der Waals surface area contributed by atoms with Crippen LogP contribution in [-0.4, -0.2) is 24.5 Å². The molecule has 0 bridgehead atoms. The third-order valence-corrected chi connectivity index (χ3v) is 3.42. The summed E-state index contributed by atoms with van der Waals surface area (Å²) < 4.78 is 0. The Hall–Kier alpha value is -1.73. The molecule has 2 rings (SSSR count). The lowest BCUT2D eigenvalue weighted by molar-refractivity contribution is -0.123. The Kier molecular flexibility index (Phi) is 3.73. The highest BCUT2D eigenvalue weighted by atomic mass is 35.5. The molecule has 1 N–H and O–H groups in total. The van der Waals surface area contributed by atoms with Gasteiger partial charge in [-0.2, -0.15) is 5.26 Å². The Balaban J connectivity index is 2.40. The molecule has 0 radical (unpaired) electrons. The third kappa shape index (κ3) is 2.27. The van der Waals surface area contributed by atoms with Crippen LogP contribution in [0.2, 0.25) is 5.02 Å². The molecule has 4 nitrogen and oxygen atoms in total. The van der Waals surface area contributed by atoms with Crippen LogP contribution in [0.5, 0.6) is 0 Å². The minimum Gasteiger partial charge on any atom is -0.353 e. The number of carbonyl (C=O) groups excluding carboxylic acids is 1. The SMILES string of the molecule is CC1CNC(=O)C(CC#N)N1c1ccccc1Cl. The lowest BCUT2D eigenvalue weighted by Crippen LogP contribution is -2.59. The predicted octanol–water partition coefficient (Wildman–Crippen LogP) is 1.95. The predicted molar refractivity (Wildman–Crippen MR) is 70.4 cm³/mol. The lowest BCUT2D eigenvalue weighted by atomic mass is 10.0. The maximum absolute atomic E-state index is 11.9. The molecule has 1 aliphatic heterocycles. The smallest absolute Gasteiger partial charge is 0.243 e. The summed E-state index contributed by atoms with van der Waals surface area (Å²) in [6.07, 6.45) is 0.154. The van der Waals surface area contributed by atoms with Gasteiger partial charge in [-0.25, -0.2) is 0 Å². The summed E-state index contributed by atoms with van der Waals surface area (Å²) in [5.41, 5.74) is 0.807. The topological polar surface area (TPSA) is 56.1 Å². The number of hydrogen-bond donors (Lipinski definition) is 1. The number of piperazine rings is 1. The van der Waals surface area contributed by atoms with Gasteiger partial charge in [-0.1, -0.05) is 23.7 Å². The normalized spacial score (nSPS) is 23.4. The van der Waals surface area contributed by atoms with Gasteiger partial charge in [-0.3, -0.25) is 4.79 Å². The average Bonchev–Trinajstić information content (AvgIpc) is 2.36. The summed E-state index contributed by atoms with van der Waals surface area (Å²) in [5.74, 6) is -0.116. The molecule has 2 unspecified atom stereocenters. The molecule has 5 heteroatoms. The summed E-state index contributed by atoms with van der Waals surface area (Å²) in [6.45, 7) is 2.57. The van der Waals surface area contributed by atoms with Crippen molar-refractivity contribution >= 4 is 23.2 Å². The zero-order valence-corrected chi connectivity index (χ0v) is 10.8. The summed E-state index contributed by atoms with van der Waals surface area (Å²) >= 11 is 6.18. The van der Waals surface area contributed by atoms with Gasteiger partial charge in [0.15, 0.2) is 0 Å². The minimum atomic E-state index is -0.473. The van der Waals surface area contributed by atoms with Crippen LogP contribution in [0.4, 0.5) is 5.69 Å². The number of carbonyl (C=O) groups is 1. The van der Waals surface area contributed by atoms with E-state index in [2.05, 4.69) is 11.4 Å². The van der Waals surface area contributed by atoms with E-state index in [0.29, 0.717) is 11.6 Å². The van der Waals surface area contributed by atoms with Crippen LogP contribution in [0.3, 0.4) is 0 Å². The Morgan fingerprint density at radius 3 is 2.94 bits per heavy atom. The van der Waals surface area contributed by atoms with E-state index in [4.69, 9.17) is 16.9 Å². The van der Waals surface area contributed by atoms with Gasteiger partial charge in [-0.15, -0.1) is 0 Å². The first-order valence-electron chi connectivity index (χ1n) is 5.82. The fourth-order valence-corrected chi connectivity index (χ4v) is 2.48. The Morgan fingerprint density at radius 1 is 1.56 bits per heavy atom. The van der Waals surface area contributed by atoms with Gasteiger partial charge < -0.3 is 10.2 Å². The van der Waals surface area contributed by atoms with E-state index < -0.39 is 6.04 Å². The second-order valence-corrected chi connectivity index (χ2v) is 4.74. The number of nitrogens with zero attached hydrogens (tertiary/aromatic N) is 2. The summed E-state index contributed by atoms with van der Waals surface area (Å²) in [4.78, 5) is 13.8. The number of benzene rings is 1.